The Hall–Kier alpha value is -3.99. The molecule has 2 aromatic heterocycles. The molecule has 44 heavy (non-hydrogen) atoms. The summed E-state index contributed by atoms with van der Waals surface area (Å²) >= 11 is 1.67. The first-order valence-electron chi connectivity index (χ1n) is 15.3. The quantitative estimate of drug-likeness (QED) is 0.204. The van der Waals surface area contributed by atoms with Crippen LogP contribution in [0, 0.1) is 0 Å². The van der Waals surface area contributed by atoms with Gasteiger partial charge in [-0.1, -0.05) is 24.3 Å². The van der Waals surface area contributed by atoms with E-state index in [4.69, 9.17) is 28.9 Å². The van der Waals surface area contributed by atoms with Crippen molar-refractivity contribution in [2.24, 2.45) is 0 Å². The van der Waals surface area contributed by atoms with Gasteiger partial charge >= 0.3 is 5.97 Å². The molecule has 0 aliphatic carbocycles. The molecule has 0 amide bonds. The van der Waals surface area contributed by atoms with Crippen molar-refractivity contribution in [3.8, 4) is 11.5 Å². The predicted molar refractivity (Wildman–Crippen MR) is 168 cm³/mol. The van der Waals surface area contributed by atoms with Crippen molar-refractivity contribution in [3.63, 3.8) is 0 Å². The molecule has 2 saturated heterocycles. The third-order valence-electron chi connectivity index (χ3n) is 9.07. The second-order valence-electron chi connectivity index (χ2n) is 11.8. The number of hydrogen-bond donors (Lipinski definition) is 0. The molecule has 10 heteroatoms. The lowest BCUT2D eigenvalue weighted by molar-refractivity contribution is -0.0592. The third kappa shape index (κ3) is 5.10. The summed E-state index contributed by atoms with van der Waals surface area (Å²) < 4.78 is 27.0. The molecule has 0 bridgehead atoms. The number of carbonyl (C=O) groups is 1. The third-order valence-corrected chi connectivity index (χ3v) is 10.2. The van der Waals surface area contributed by atoms with Crippen molar-refractivity contribution in [1.82, 2.24) is 19.4 Å². The van der Waals surface area contributed by atoms with E-state index < -0.39 is 0 Å². The lowest BCUT2D eigenvalue weighted by Crippen LogP contribution is -2.35. The summed E-state index contributed by atoms with van der Waals surface area (Å²) in [6.07, 6.45) is 3.03. The van der Waals surface area contributed by atoms with Gasteiger partial charge in [-0.05, 0) is 74.7 Å². The number of carbonyl (C=O) groups excluding carboxylic acids is 1. The first-order valence-corrected chi connectivity index (χ1v) is 16.1. The van der Waals surface area contributed by atoms with Crippen LogP contribution in [0.1, 0.15) is 58.0 Å². The fourth-order valence-corrected chi connectivity index (χ4v) is 7.54. The van der Waals surface area contributed by atoms with E-state index in [0.29, 0.717) is 18.1 Å². The standard InChI is InChI=1S/C34H34N4O5S/c1-40-34(39)22-9-10-25-27(17-22)38(18-23-13-16-41-23)31(35-25)19-37-14-11-21(12-15-37)24-5-4-7-28-32(24)43-29(20-42-28)33-36-26-6-2-3-8-30(26)44-33/h2-10,17,21,23,29H,11-16,18-20H2,1H3/t23-,29?/m0/s1. The first kappa shape index (κ1) is 27.6. The minimum atomic E-state index is -0.341. The second-order valence-corrected chi connectivity index (χ2v) is 12.8. The van der Waals surface area contributed by atoms with Gasteiger partial charge in [0, 0.05) is 12.2 Å². The molecule has 3 aliphatic rings. The number of rotatable bonds is 7. The molecule has 1 unspecified atom stereocenters. The highest BCUT2D eigenvalue weighted by Crippen LogP contribution is 2.45. The van der Waals surface area contributed by atoms with Crippen LogP contribution in [0.25, 0.3) is 21.3 Å². The summed E-state index contributed by atoms with van der Waals surface area (Å²) in [6.45, 7) is 4.64. The van der Waals surface area contributed by atoms with Gasteiger partial charge in [-0.15, -0.1) is 11.3 Å². The minimum Gasteiger partial charge on any atom is -0.485 e. The second kappa shape index (κ2) is 11.5. The first-order chi connectivity index (χ1) is 21.6. The molecule has 226 valence electrons. The Bertz CT molecular complexity index is 1810. The molecule has 2 fully saturated rings. The number of hydrogen-bond acceptors (Lipinski definition) is 9. The van der Waals surface area contributed by atoms with Gasteiger partial charge in [0.15, 0.2) is 17.6 Å². The maximum absolute atomic E-state index is 12.2. The number of likely N-dealkylation sites (tertiary alicyclic amines) is 1. The van der Waals surface area contributed by atoms with E-state index >= 15 is 0 Å². The van der Waals surface area contributed by atoms with Crippen molar-refractivity contribution >= 4 is 38.6 Å². The molecule has 9 nitrogen and oxygen atoms in total. The maximum Gasteiger partial charge on any atom is 0.337 e. The fraction of sp³-hybridized carbons (Fsp3) is 0.382. The summed E-state index contributed by atoms with van der Waals surface area (Å²) in [5.74, 6) is 2.73. The van der Waals surface area contributed by atoms with Crippen LogP contribution >= 0.6 is 11.3 Å². The van der Waals surface area contributed by atoms with Crippen molar-refractivity contribution in [2.75, 3.05) is 33.4 Å². The lowest BCUT2D eigenvalue weighted by atomic mass is 9.88. The van der Waals surface area contributed by atoms with Crippen LogP contribution in [0.15, 0.2) is 60.7 Å². The van der Waals surface area contributed by atoms with Crippen LogP contribution in [-0.4, -0.2) is 64.9 Å². The van der Waals surface area contributed by atoms with Crippen LogP contribution < -0.4 is 9.47 Å². The number of benzene rings is 3. The van der Waals surface area contributed by atoms with Crippen molar-refractivity contribution in [1.29, 1.82) is 0 Å². The van der Waals surface area contributed by atoms with Crippen LogP contribution in [0.2, 0.25) is 0 Å². The van der Waals surface area contributed by atoms with E-state index in [9.17, 15) is 4.79 Å². The highest BCUT2D eigenvalue weighted by Gasteiger charge is 2.32. The zero-order valence-electron chi connectivity index (χ0n) is 24.6. The molecule has 0 radical (unpaired) electrons. The van der Waals surface area contributed by atoms with Gasteiger partial charge in [-0.3, -0.25) is 4.90 Å². The zero-order chi connectivity index (χ0) is 29.6. The predicted octanol–water partition coefficient (Wildman–Crippen LogP) is 6.11. The minimum absolute atomic E-state index is 0.178. The van der Waals surface area contributed by atoms with Crippen molar-refractivity contribution in [2.45, 2.75) is 50.5 Å². The van der Waals surface area contributed by atoms with Gasteiger partial charge in [-0.2, -0.15) is 0 Å². The number of piperidine rings is 1. The summed E-state index contributed by atoms with van der Waals surface area (Å²) in [7, 11) is 1.41. The van der Waals surface area contributed by atoms with E-state index in [1.54, 1.807) is 17.4 Å². The van der Waals surface area contributed by atoms with E-state index in [2.05, 4.69) is 27.7 Å². The number of thiazole rings is 1. The number of para-hydroxylation sites is 2. The Morgan fingerprint density at radius 2 is 1.89 bits per heavy atom. The van der Waals surface area contributed by atoms with Gasteiger partial charge in [-0.25, -0.2) is 14.8 Å². The van der Waals surface area contributed by atoms with Gasteiger partial charge in [0.25, 0.3) is 0 Å². The number of esters is 1. The van der Waals surface area contributed by atoms with Gasteiger partial charge in [0.05, 0.1) is 53.1 Å². The molecular formula is C34H34N4O5S. The number of aromatic nitrogens is 3. The van der Waals surface area contributed by atoms with E-state index in [1.807, 2.05) is 36.4 Å². The van der Waals surface area contributed by atoms with Crippen LogP contribution in [0.3, 0.4) is 0 Å². The van der Waals surface area contributed by atoms with E-state index in [1.165, 1.54) is 12.7 Å². The summed E-state index contributed by atoms with van der Waals surface area (Å²) in [5.41, 5.74) is 4.59. The highest BCUT2D eigenvalue weighted by molar-refractivity contribution is 7.18. The monoisotopic (exact) mass is 610 g/mol. The largest absolute Gasteiger partial charge is 0.485 e. The molecule has 8 rings (SSSR count). The number of imidazole rings is 1. The molecule has 0 spiro atoms. The van der Waals surface area contributed by atoms with Crippen LogP contribution in [0.4, 0.5) is 0 Å². The van der Waals surface area contributed by atoms with Crippen molar-refractivity contribution < 1.29 is 23.7 Å². The Labute approximate surface area is 259 Å². The summed E-state index contributed by atoms with van der Waals surface area (Å²) in [5, 5.41) is 0.954. The van der Waals surface area contributed by atoms with Gasteiger partial charge < -0.3 is 23.5 Å². The van der Waals surface area contributed by atoms with Gasteiger partial charge in [0.2, 0.25) is 0 Å². The zero-order valence-corrected chi connectivity index (χ0v) is 25.4. The van der Waals surface area contributed by atoms with E-state index in [-0.39, 0.29) is 18.2 Å². The molecule has 3 aliphatic heterocycles. The molecule has 2 atom stereocenters. The van der Waals surface area contributed by atoms with Crippen LogP contribution in [0.5, 0.6) is 11.5 Å². The Morgan fingerprint density at radius 1 is 1.02 bits per heavy atom. The fourth-order valence-electron chi connectivity index (χ4n) is 6.56. The van der Waals surface area contributed by atoms with Gasteiger partial charge in [0.1, 0.15) is 17.4 Å². The Kier molecular flexibility index (Phi) is 7.20. The smallest absolute Gasteiger partial charge is 0.337 e. The molecule has 5 aromatic rings. The topological polar surface area (TPSA) is 87.9 Å². The average Bonchev–Trinajstić information content (AvgIpc) is 3.63. The molecule has 0 saturated carbocycles. The summed E-state index contributed by atoms with van der Waals surface area (Å²) in [4.78, 5) is 24.6. The molecule has 0 N–H and O–H groups in total. The number of nitrogens with zero attached hydrogens (tertiary/aromatic N) is 4. The SMILES string of the molecule is COC(=O)c1ccc2nc(CN3CCC(c4cccc5c4OC(c4nc6ccccc6s4)CO5)CC3)n(C[C@@H]3CCO3)c2c1. The Morgan fingerprint density at radius 3 is 2.68 bits per heavy atom. The highest BCUT2D eigenvalue weighted by atomic mass is 32.1. The Balaban J connectivity index is 0.990. The van der Waals surface area contributed by atoms with Crippen molar-refractivity contribution in [3.05, 3.63) is 82.6 Å². The molecule has 3 aromatic carbocycles. The normalized spacial score (nSPS) is 20.6. The van der Waals surface area contributed by atoms with E-state index in [0.717, 1.165) is 95.6 Å². The van der Waals surface area contributed by atoms with Crippen LogP contribution in [-0.2, 0) is 22.6 Å². The molecular weight excluding hydrogens is 576 g/mol. The number of methoxy groups -OCH3 is 1. The lowest BCUT2D eigenvalue weighted by Gasteiger charge is -2.34. The summed E-state index contributed by atoms with van der Waals surface area (Å²) in [6, 6.07) is 20.1. The maximum atomic E-state index is 12.2. The number of ether oxygens (including phenoxy) is 4. The molecule has 5 heterocycles. The number of fused-ring (bicyclic) bond motifs is 3. The average molecular weight is 611 g/mol.